The molecule has 0 aromatic carbocycles. The van der Waals surface area contributed by atoms with Crippen molar-refractivity contribution in [3.63, 3.8) is 0 Å². The van der Waals surface area contributed by atoms with Crippen molar-refractivity contribution in [1.82, 2.24) is 0 Å². The van der Waals surface area contributed by atoms with E-state index in [2.05, 4.69) is 26.0 Å². The van der Waals surface area contributed by atoms with Crippen LogP contribution in [0.25, 0.3) is 0 Å². The van der Waals surface area contributed by atoms with Crippen LogP contribution in [-0.2, 0) is 9.59 Å². The van der Waals surface area contributed by atoms with Crippen molar-refractivity contribution in [1.29, 1.82) is 0 Å². The molecule has 0 amide bonds. The molecule has 0 spiro atoms. The lowest BCUT2D eigenvalue weighted by atomic mass is 9.85. The number of carbonyl (C=O) groups excluding carboxylic acids is 1. The van der Waals surface area contributed by atoms with E-state index in [0.29, 0.717) is 0 Å². The Morgan fingerprint density at radius 2 is 1.46 bits per heavy atom. The zero-order chi connectivity index (χ0) is 18.0. The third kappa shape index (κ3) is 13.3. The monoisotopic (exact) mass is 338 g/mol. The smallest absolute Gasteiger partial charge is 0.304 e. The van der Waals surface area contributed by atoms with Gasteiger partial charge in [-0.15, -0.1) is 0 Å². The van der Waals surface area contributed by atoms with Crippen LogP contribution in [0.15, 0.2) is 12.2 Å². The average molecular weight is 339 g/mol. The first-order valence-corrected chi connectivity index (χ1v) is 9.99. The maximum atomic E-state index is 11.3. The van der Waals surface area contributed by atoms with E-state index in [-0.39, 0.29) is 18.3 Å². The zero-order valence-corrected chi connectivity index (χ0v) is 15.8. The Morgan fingerprint density at radius 3 is 2.00 bits per heavy atom. The first-order valence-electron chi connectivity index (χ1n) is 9.99. The minimum Gasteiger partial charge on any atom is -0.481 e. The van der Waals surface area contributed by atoms with Gasteiger partial charge in [-0.2, -0.15) is 0 Å². The van der Waals surface area contributed by atoms with Crippen LogP contribution < -0.4 is 0 Å². The van der Waals surface area contributed by atoms with Gasteiger partial charge in [0.2, 0.25) is 0 Å². The summed E-state index contributed by atoms with van der Waals surface area (Å²) >= 11 is 0. The Kier molecular flexibility index (Phi) is 15.9. The molecule has 0 aromatic rings. The molecule has 0 fully saturated rings. The molecule has 0 aliphatic carbocycles. The Morgan fingerprint density at radius 1 is 0.875 bits per heavy atom. The molecule has 0 bridgehead atoms. The lowest BCUT2D eigenvalue weighted by Gasteiger charge is -2.18. The molecule has 2 unspecified atom stereocenters. The van der Waals surface area contributed by atoms with Crippen molar-refractivity contribution < 1.29 is 14.7 Å². The highest BCUT2D eigenvalue weighted by Crippen LogP contribution is 2.23. The van der Waals surface area contributed by atoms with Crippen LogP contribution in [0, 0.1) is 11.8 Å². The van der Waals surface area contributed by atoms with Gasteiger partial charge in [-0.25, -0.2) is 0 Å². The van der Waals surface area contributed by atoms with E-state index < -0.39 is 5.97 Å². The predicted octanol–water partition coefficient (Wildman–Crippen LogP) is 6.17. The minimum atomic E-state index is -0.879. The van der Waals surface area contributed by atoms with Crippen LogP contribution in [0.1, 0.15) is 97.3 Å². The minimum absolute atomic E-state index is 0.0516. The summed E-state index contributed by atoms with van der Waals surface area (Å²) in [5.41, 5.74) is 0. The van der Waals surface area contributed by atoms with E-state index in [9.17, 15) is 9.59 Å². The van der Waals surface area contributed by atoms with Crippen molar-refractivity contribution in [3.05, 3.63) is 12.2 Å². The number of aliphatic carboxylic acids is 1. The fraction of sp³-hybridized carbons (Fsp3) is 0.810. The second kappa shape index (κ2) is 16.7. The number of rotatable bonds is 17. The van der Waals surface area contributed by atoms with Gasteiger partial charge >= 0.3 is 5.97 Å². The van der Waals surface area contributed by atoms with Gasteiger partial charge < -0.3 is 9.90 Å². The summed E-state index contributed by atoms with van der Waals surface area (Å²) in [6.07, 6.45) is 19.3. The van der Waals surface area contributed by atoms with Crippen molar-refractivity contribution in [2.24, 2.45) is 11.8 Å². The summed E-state index contributed by atoms with van der Waals surface area (Å²) in [6, 6.07) is 0. The Bertz CT molecular complexity index is 336. The fourth-order valence-electron chi connectivity index (χ4n) is 3.08. The zero-order valence-electron chi connectivity index (χ0n) is 15.8. The van der Waals surface area contributed by atoms with Gasteiger partial charge in [0.1, 0.15) is 6.29 Å². The van der Waals surface area contributed by atoms with Crippen LogP contribution in [-0.4, -0.2) is 17.4 Å². The van der Waals surface area contributed by atoms with Gasteiger partial charge in [-0.1, -0.05) is 83.8 Å². The normalized spacial score (nSPS) is 13.9. The molecule has 2 atom stereocenters. The SMILES string of the molecule is CCCCCCC/C=C/C(CCCCCCC)C(C=O)CC(=O)O. The number of hydrogen-bond donors (Lipinski definition) is 1. The molecule has 3 heteroatoms. The van der Waals surface area contributed by atoms with E-state index >= 15 is 0 Å². The number of carbonyl (C=O) groups is 2. The number of allylic oxidation sites excluding steroid dienone is 2. The summed E-state index contributed by atoms with van der Waals surface area (Å²) in [5.74, 6) is -1.18. The van der Waals surface area contributed by atoms with Gasteiger partial charge in [0, 0.05) is 5.92 Å². The molecule has 24 heavy (non-hydrogen) atoms. The van der Waals surface area contributed by atoms with Crippen molar-refractivity contribution in [2.75, 3.05) is 0 Å². The highest BCUT2D eigenvalue weighted by atomic mass is 16.4. The lowest BCUT2D eigenvalue weighted by molar-refractivity contribution is -0.139. The fourth-order valence-corrected chi connectivity index (χ4v) is 3.08. The molecule has 3 nitrogen and oxygen atoms in total. The molecule has 0 heterocycles. The van der Waals surface area contributed by atoms with E-state index in [1.807, 2.05) is 0 Å². The summed E-state index contributed by atoms with van der Waals surface area (Å²) in [4.78, 5) is 22.3. The van der Waals surface area contributed by atoms with Gasteiger partial charge in [-0.05, 0) is 25.2 Å². The molecular weight excluding hydrogens is 300 g/mol. The second-order valence-corrected chi connectivity index (χ2v) is 6.90. The summed E-state index contributed by atoms with van der Waals surface area (Å²) < 4.78 is 0. The van der Waals surface area contributed by atoms with E-state index in [4.69, 9.17) is 5.11 Å². The Balaban J connectivity index is 4.32. The maximum Gasteiger partial charge on any atom is 0.304 e. The third-order valence-corrected chi connectivity index (χ3v) is 4.63. The molecule has 0 rings (SSSR count). The van der Waals surface area contributed by atoms with Crippen molar-refractivity contribution >= 4 is 12.3 Å². The first-order chi connectivity index (χ1) is 11.7. The number of unbranched alkanes of at least 4 members (excludes halogenated alkanes) is 9. The van der Waals surface area contributed by atoms with Gasteiger partial charge in [0.15, 0.2) is 0 Å². The molecule has 140 valence electrons. The van der Waals surface area contributed by atoms with Crippen LogP contribution in [0.5, 0.6) is 0 Å². The largest absolute Gasteiger partial charge is 0.481 e. The van der Waals surface area contributed by atoms with Crippen molar-refractivity contribution in [2.45, 2.75) is 97.3 Å². The lowest BCUT2D eigenvalue weighted by Crippen LogP contribution is -2.18. The van der Waals surface area contributed by atoms with Crippen LogP contribution in [0.4, 0.5) is 0 Å². The molecular formula is C21H38O3. The molecule has 0 aliphatic rings. The predicted molar refractivity (Wildman–Crippen MR) is 101 cm³/mol. The van der Waals surface area contributed by atoms with Crippen molar-refractivity contribution in [3.8, 4) is 0 Å². The highest BCUT2D eigenvalue weighted by molar-refractivity contribution is 5.72. The quantitative estimate of drug-likeness (QED) is 0.196. The molecule has 0 radical (unpaired) electrons. The van der Waals surface area contributed by atoms with E-state index in [1.54, 1.807) is 0 Å². The van der Waals surface area contributed by atoms with Crippen LogP contribution in [0.3, 0.4) is 0 Å². The Hall–Kier alpha value is -1.12. The summed E-state index contributed by atoms with van der Waals surface area (Å²) in [7, 11) is 0. The molecule has 0 aliphatic heterocycles. The van der Waals surface area contributed by atoms with Crippen LogP contribution >= 0.6 is 0 Å². The average Bonchev–Trinajstić information content (AvgIpc) is 2.56. The van der Waals surface area contributed by atoms with Crippen LogP contribution in [0.2, 0.25) is 0 Å². The van der Waals surface area contributed by atoms with E-state index in [0.717, 1.165) is 25.5 Å². The Labute approximate surface area is 148 Å². The number of aldehydes is 1. The molecule has 0 aromatic heterocycles. The summed E-state index contributed by atoms with van der Waals surface area (Å²) in [6.45, 7) is 4.41. The molecule has 1 N–H and O–H groups in total. The highest BCUT2D eigenvalue weighted by Gasteiger charge is 2.21. The number of carboxylic acids is 1. The third-order valence-electron chi connectivity index (χ3n) is 4.63. The maximum absolute atomic E-state index is 11.3. The first kappa shape index (κ1) is 22.9. The summed E-state index contributed by atoms with van der Waals surface area (Å²) in [5, 5.41) is 9.01. The molecule has 0 saturated carbocycles. The topological polar surface area (TPSA) is 54.4 Å². The standard InChI is InChI=1S/C21H38O3/c1-3-5-7-9-10-12-14-16-19(15-13-11-8-6-4-2)20(18-22)17-21(23)24/h14,16,18-20H,3-13,15,17H2,1-2H3,(H,23,24)/b16-14+. The van der Waals surface area contributed by atoms with E-state index in [1.165, 1.54) is 57.8 Å². The van der Waals surface area contributed by atoms with Gasteiger partial charge in [-0.3, -0.25) is 4.79 Å². The number of hydrogen-bond acceptors (Lipinski definition) is 2. The number of carboxylic acid groups (broad SMARTS) is 1. The van der Waals surface area contributed by atoms with Gasteiger partial charge in [0.25, 0.3) is 0 Å². The molecule has 0 saturated heterocycles. The second-order valence-electron chi connectivity index (χ2n) is 6.90. The van der Waals surface area contributed by atoms with Gasteiger partial charge in [0.05, 0.1) is 6.42 Å².